The Kier molecular flexibility index (Phi) is 0.906. The number of benzene rings is 1. The molecule has 2 nitrogen and oxygen atoms in total. The molecule has 2 rings (SSSR count). The minimum absolute atomic E-state index is 0.334. The van der Waals surface area contributed by atoms with E-state index < -0.39 is 6.85 Å². The maximum atomic E-state index is 7.35. The molecule has 0 unspecified atom stereocenters. The number of hydrogen-bond acceptors (Lipinski definition) is 1. The van der Waals surface area contributed by atoms with E-state index in [0.29, 0.717) is 10.9 Å². The van der Waals surface area contributed by atoms with E-state index in [1.165, 1.54) is 3.71 Å². The lowest BCUT2D eigenvalue weighted by Crippen LogP contribution is -1.79. The van der Waals surface area contributed by atoms with Crippen LogP contribution in [0.25, 0.3) is 10.9 Å². The van der Waals surface area contributed by atoms with Crippen molar-refractivity contribution in [2.45, 2.75) is 6.85 Å². The summed E-state index contributed by atoms with van der Waals surface area (Å²) in [6.45, 7) is -2.09. The maximum Gasteiger partial charge on any atom is 0.0815 e. The summed E-state index contributed by atoms with van der Waals surface area (Å²) in [5.41, 5.74) is 1.10. The summed E-state index contributed by atoms with van der Waals surface area (Å²) in [6.07, 6.45) is 1.55. The van der Waals surface area contributed by atoms with E-state index in [9.17, 15) is 0 Å². The third kappa shape index (κ3) is 0.959. The highest BCUT2D eigenvalue weighted by Gasteiger charge is 2.00. The van der Waals surface area contributed by atoms with Crippen LogP contribution in [0.5, 0.6) is 0 Å². The highest BCUT2D eigenvalue weighted by molar-refractivity contribution is 9.08. The highest BCUT2D eigenvalue weighted by atomic mass is 79.9. The van der Waals surface area contributed by atoms with Crippen LogP contribution in [0.4, 0.5) is 0 Å². The molecule has 1 aromatic heterocycles. The number of rotatable bonds is 0. The van der Waals surface area contributed by atoms with Crippen molar-refractivity contribution in [1.82, 2.24) is 8.81 Å². The molecule has 0 spiro atoms. The molecular formula is C8H7BrN2. The standard InChI is InChI=1S/C8H7BrN2/c1-6-3-2-4-8-7(6)5-10-11(8)9/h2-5H,1H3/i1D3. The van der Waals surface area contributed by atoms with E-state index in [2.05, 4.69) is 21.2 Å². The number of nitrogens with zero attached hydrogens (tertiary/aromatic N) is 2. The molecule has 0 aliphatic rings. The van der Waals surface area contributed by atoms with Crippen LogP contribution in [0.3, 0.4) is 0 Å². The van der Waals surface area contributed by atoms with Gasteiger partial charge in [-0.2, -0.15) is 8.81 Å². The smallest absolute Gasteiger partial charge is 0.0815 e. The Bertz CT molecular complexity index is 475. The van der Waals surface area contributed by atoms with Gasteiger partial charge in [0.15, 0.2) is 0 Å². The van der Waals surface area contributed by atoms with E-state index in [1.54, 1.807) is 18.3 Å². The summed E-state index contributed by atoms with van der Waals surface area (Å²) in [7, 11) is 0. The fourth-order valence-electron chi connectivity index (χ4n) is 1.02. The van der Waals surface area contributed by atoms with Gasteiger partial charge in [0.2, 0.25) is 0 Å². The van der Waals surface area contributed by atoms with Gasteiger partial charge in [0.05, 0.1) is 27.9 Å². The van der Waals surface area contributed by atoms with Crippen molar-refractivity contribution in [3.63, 3.8) is 0 Å². The largest absolute Gasteiger partial charge is 0.197 e. The van der Waals surface area contributed by atoms with Gasteiger partial charge >= 0.3 is 0 Å². The Hall–Kier alpha value is -0.830. The SMILES string of the molecule is [2H]C([2H])([2H])c1cccc2c1cnn2Br. The van der Waals surface area contributed by atoms with Gasteiger partial charge < -0.3 is 0 Å². The van der Waals surface area contributed by atoms with Crippen LogP contribution < -0.4 is 0 Å². The summed E-state index contributed by atoms with van der Waals surface area (Å²) < 4.78 is 23.5. The molecule has 0 aliphatic carbocycles. The molecule has 0 bridgehead atoms. The quantitative estimate of drug-likeness (QED) is 0.658. The predicted octanol–water partition coefficient (Wildman–Crippen LogP) is 2.50. The third-order valence-electron chi connectivity index (χ3n) is 1.57. The lowest BCUT2D eigenvalue weighted by molar-refractivity contribution is 1.06. The molecule has 2 aromatic rings. The molecule has 0 atom stereocenters. The van der Waals surface area contributed by atoms with Gasteiger partial charge in [0.1, 0.15) is 0 Å². The Balaban J connectivity index is 2.79. The van der Waals surface area contributed by atoms with Crippen molar-refractivity contribution in [3.8, 4) is 0 Å². The van der Waals surface area contributed by atoms with Gasteiger partial charge in [-0.15, -0.1) is 0 Å². The molecule has 0 aliphatic heterocycles. The molecule has 56 valence electrons. The van der Waals surface area contributed by atoms with Crippen LogP contribution in [-0.4, -0.2) is 8.81 Å². The first kappa shape index (κ1) is 4.26. The summed E-state index contributed by atoms with van der Waals surface area (Å²) in [4.78, 5) is 0. The number of fused-ring (bicyclic) bond motifs is 1. The van der Waals surface area contributed by atoms with Crippen LogP contribution >= 0.6 is 16.1 Å². The van der Waals surface area contributed by atoms with Gasteiger partial charge in [0.25, 0.3) is 0 Å². The zero-order valence-electron chi connectivity index (χ0n) is 8.58. The van der Waals surface area contributed by atoms with Gasteiger partial charge in [-0.25, -0.2) is 0 Å². The molecule has 0 fully saturated rings. The van der Waals surface area contributed by atoms with Crippen molar-refractivity contribution in [1.29, 1.82) is 0 Å². The molecule has 0 saturated heterocycles. The summed E-state index contributed by atoms with van der Waals surface area (Å²) in [6, 6.07) is 5.12. The third-order valence-corrected chi connectivity index (χ3v) is 2.14. The van der Waals surface area contributed by atoms with Crippen LogP contribution in [0.2, 0.25) is 0 Å². The zero-order chi connectivity index (χ0) is 10.3. The van der Waals surface area contributed by atoms with Crippen molar-refractivity contribution >= 4 is 27.1 Å². The Morgan fingerprint density at radius 1 is 1.64 bits per heavy atom. The van der Waals surface area contributed by atoms with Gasteiger partial charge in [-0.1, -0.05) is 12.1 Å². The summed E-state index contributed by atoms with van der Waals surface area (Å²) in [5.74, 6) is 0. The van der Waals surface area contributed by atoms with Crippen molar-refractivity contribution in [2.75, 3.05) is 0 Å². The highest BCUT2D eigenvalue weighted by Crippen LogP contribution is 2.18. The second-order valence-corrected chi connectivity index (χ2v) is 2.91. The number of hydrogen-bond donors (Lipinski definition) is 0. The molecule has 1 aromatic carbocycles. The first-order valence-corrected chi connectivity index (χ1v) is 3.84. The van der Waals surface area contributed by atoms with Crippen molar-refractivity contribution in [3.05, 3.63) is 30.0 Å². The van der Waals surface area contributed by atoms with E-state index in [-0.39, 0.29) is 0 Å². The van der Waals surface area contributed by atoms with Crippen LogP contribution in [-0.2, 0) is 0 Å². The zero-order valence-corrected chi connectivity index (χ0v) is 7.17. The summed E-state index contributed by atoms with van der Waals surface area (Å²) >= 11 is 3.19. The van der Waals surface area contributed by atoms with Crippen LogP contribution in [0.1, 0.15) is 9.68 Å². The number of aryl methyl sites for hydroxylation is 1. The normalized spacial score (nSPS) is 15.9. The number of halogens is 1. The van der Waals surface area contributed by atoms with Crippen molar-refractivity contribution in [2.24, 2.45) is 0 Å². The maximum absolute atomic E-state index is 7.35. The Morgan fingerprint density at radius 3 is 3.36 bits per heavy atom. The second kappa shape index (κ2) is 2.34. The van der Waals surface area contributed by atoms with Crippen LogP contribution in [0.15, 0.2) is 24.4 Å². The average molecular weight is 214 g/mol. The van der Waals surface area contributed by atoms with Gasteiger partial charge in [-0.05, 0) is 18.5 Å². The molecule has 0 amide bonds. The molecule has 3 heteroatoms. The topological polar surface area (TPSA) is 17.8 Å². The lowest BCUT2D eigenvalue weighted by atomic mass is 10.2. The minimum Gasteiger partial charge on any atom is -0.197 e. The predicted molar refractivity (Wildman–Crippen MR) is 48.8 cm³/mol. The van der Waals surface area contributed by atoms with E-state index in [0.717, 1.165) is 5.52 Å². The fourth-order valence-corrected chi connectivity index (χ4v) is 1.42. The molecule has 11 heavy (non-hydrogen) atoms. The fraction of sp³-hybridized carbons (Fsp3) is 0.125. The number of aromatic nitrogens is 2. The summed E-state index contributed by atoms with van der Waals surface area (Å²) in [5, 5.41) is 4.61. The molecule has 0 radical (unpaired) electrons. The van der Waals surface area contributed by atoms with E-state index >= 15 is 0 Å². The minimum atomic E-state index is -2.09. The van der Waals surface area contributed by atoms with E-state index in [4.69, 9.17) is 4.11 Å². The van der Waals surface area contributed by atoms with Crippen molar-refractivity contribution < 1.29 is 4.11 Å². The first-order valence-electron chi connectivity index (χ1n) is 4.63. The van der Waals surface area contributed by atoms with Crippen LogP contribution in [0, 0.1) is 6.85 Å². The molecular weight excluding hydrogens is 204 g/mol. The van der Waals surface area contributed by atoms with Gasteiger partial charge in [-0.3, -0.25) is 0 Å². The molecule has 0 N–H and O–H groups in total. The second-order valence-electron chi connectivity index (χ2n) is 2.24. The van der Waals surface area contributed by atoms with E-state index in [1.807, 2.05) is 6.07 Å². The Morgan fingerprint density at radius 2 is 2.55 bits per heavy atom. The lowest BCUT2D eigenvalue weighted by Gasteiger charge is -1.93. The average Bonchev–Trinajstić information content (AvgIpc) is 2.46. The Labute approximate surface area is 77.4 Å². The first-order chi connectivity index (χ1) is 6.50. The van der Waals surface area contributed by atoms with Gasteiger partial charge in [0, 0.05) is 9.50 Å². The monoisotopic (exact) mass is 213 g/mol. The molecule has 0 saturated carbocycles. The molecule has 1 heterocycles.